The Hall–Kier alpha value is -4.08. The molecule has 10 nitrogen and oxygen atoms in total. The lowest BCUT2D eigenvalue weighted by molar-refractivity contribution is -0.384. The smallest absolute Gasteiger partial charge is 0.282 e. The molecule has 10 heteroatoms. The number of carbonyl (C=O) groups excluding carboxylic acids is 1. The minimum atomic E-state index is -0.624. The van der Waals surface area contributed by atoms with Gasteiger partial charge in [-0.1, -0.05) is 12.1 Å². The molecule has 1 aromatic carbocycles. The zero-order valence-electron chi connectivity index (χ0n) is 15.0. The summed E-state index contributed by atoms with van der Waals surface area (Å²) in [6, 6.07) is 10.4. The van der Waals surface area contributed by atoms with Crippen LogP contribution in [0.5, 0.6) is 0 Å². The van der Waals surface area contributed by atoms with Crippen molar-refractivity contribution in [1.82, 2.24) is 20.2 Å². The van der Waals surface area contributed by atoms with Gasteiger partial charge >= 0.3 is 0 Å². The highest BCUT2D eigenvalue weighted by molar-refractivity contribution is 6.01. The number of hydrazone groups is 1. The van der Waals surface area contributed by atoms with Gasteiger partial charge in [0.1, 0.15) is 0 Å². The number of nitro groups is 1. The molecule has 0 aliphatic carbocycles. The summed E-state index contributed by atoms with van der Waals surface area (Å²) in [7, 11) is 0. The average molecular weight is 380 g/mol. The van der Waals surface area contributed by atoms with Crippen LogP contribution in [0.25, 0.3) is 5.82 Å². The Kier molecular flexibility index (Phi) is 5.12. The third-order valence-corrected chi connectivity index (χ3v) is 3.96. The Balaban J connectivity index is 1.86. The van der Waals surface area contributed by atoms with Crippen molar-refractivity contribution in [1.29, 1.82) is 0 Å². The van der Waals surface area contributed by atoms with Crippen molar-refractivity contribution in [2.24, 2.45) is 5.10 Å². The normalized spacial score (nSPS) is 11.3. The van der Waals surface area contributed by atoms with E-state index in [0.717, 1.165) is 6.07 Å². The van der Waals surface area contributed by atoms with Crippen LogP contribution >= 0.6 is 0 Å². The maximum atomic E-state index is 12.7. The van der Waals surface area contributed by atoms with Gasteiger partial charge in [0.15, 0.2) is 5.82 Å². The van der Waals surface area contributed by atoms with Crippen LogP contribution in [0.2, 0.25) is 0 Å². The van der Waals surface area contributed by atoms with Crippen LogP contribution in [0, 0.1) is 17.0 Å². The Morgan fingerprint density at radius 3 is 2.75 bits per heavy atom. The first-order valence-electron chi connectivity index (χ1n) is 8.21. The number of pyridine rings is 1. The van der Waals surface area contributed by atoms with E-state index in [4.69, 9.17) is 0 Å². The first kappa shape index (κ1) is 18.7. The summed E-state index contributed by atoms with van der Waals surface area (Å²) >= 11 is 0. The number of nitrogens with zero attached hydrogens (tertiary/aromatic N) is 4. The molecule has 0 spiro atoms. The summed E-state index contributed by atoms with van der Waals surface area (Å²) < 4.78 is 1.28. The fraction of sp³-hybridized carbons (Fsp3) is 0.111. The summed E-state index contributed by atoms with van der Waals surface area (Å²) in [5.41, 5.74) is 2.98. The van der Waals surface area contributed by atoms with Gasteiger partial charge in [-0.15, -0.1) is 0 Å². The fourth-order valence-electron chi connectivity index (χ4n) is 2.64. The summed E-state index contributed by atoms with van der Waals surface area (Å²) in [6.45, 7) is 3.28. The number of carbonyl (C=O) groups is 1. The van der Waals surface area contributed by atoms with Gasteiger partial charge in [-0.25, -0.2) is 15.1 Å². The quantitative estimate of drug-likeness (QED) is 0.396. The van der Waals surface area contributed by atoms with E-state index in [1.54, 1.807) is 38.2 Å². The van der Waals surface area contributed by atoms with E-state index in [-0.39, 0.29) is 22.5 Å². The molecule has 0 atom stereocenters. The van der Waals surface area contributed by atoms with Crippen molar-refractivity contribution in [2.45, 2.75) is 13.8 Å². The Morgan fingerprint density at radius 1 is 1.29 bits per heavy atom. The van der Waals surface area contributed by atoms with Gasteiger partial charge in [0, 0.05) is 29.6 Å². The molecule has 0 saturated heterocycles. The molecular weight excluding hydrogens is 364 g/mol. The highest BCUT2D eigenvalue weighted by Gasteiger charge is 2.16. The standard InChI is InChI=1S/C18H16N6O4/c1-11(20-21-17(25)13-6-5-7-14(10-13)24(27)28)16-12(2)22-23(18(16)26)15-8-3-4-9-19-15/h3-10,22H,1-2H3,(H,21,25)/b20-11+. The van der Waals surface area contributed by atoms with Crippen LogP contribution in [-0.2, 0) is 0 Å². The predicted molar refractivity (Wildman–Crippen MR) is 102 cm³/mol. The van der Waals surface area contributed by atoms with E-state index < -0.39 is 10.8 Å². The molecule has 0 saturated carbocycles. The number of aromatic nitrogens is 3. The van der Waals surface area contributed by atoms with Crippen molar-refractivity contribution in [3.63, 3.8) is 0 Å². The van der Waals surface area contributed by atoms with Crippen molar-refractivity contribution >= 4 is 17.3 Å². The summed E-state index contributed by atoms with van der Waals surface area (Å²) in [5.74, 6) is -0.198. The highest BCUT2D eigenvalue weighted by atomic mass is 16.6. The lowest BCUT2D eigenvalue weighted by Gasteiger charge is -2.02. The van der Waals surface area contributed by atoms with Crippen molar-refractivity contribution in [2.75, 3.05) is 0 Å². The summed E-state index contributed by atoms with van der Waals surface area (Å²) in [6.07, 6.45) is 1.57. The van der Waals surface area contributed by atoms with Crippen LogP contribution in [-0.4, -0.2) is 31.3 Å². The number of H-pyrrole nitrogens is 1. The summed E-state index contributed by atoms with van der Waals surface area (Å²) in [4.78, 5) is 39.3. The topological polar surface area (TPSA) is 135 Å². The van der Waals surface area contributed by atoms with Gasteiger partial charge in [-0.2, -0.15) is 5.10 Å². The maximum absolute atomic E-state index is 12.7. The number of aryl methyl sites for hydroxylation is 1. The molecule has 2 heterocycles. The van der Waals surface area contributed by atoms with Crippen LogP contribution < -0.4 is 11.0 Å². The van der Waals surface area contributed by atoms with Crippen molar-refractivity contribution in [3.05, 3.63) is 86.0 Å². The Labute approximate surface area is 158 Å². The zero-order valence-corrected chi connectivity index (χ0v) is 15.0. The van der Waals surface area contributed by atoms with E-state index in [1.165, 1.54) is 22.9 Å². The third-order valence-electron chi connectivity index (χ3n) is 3.96. The lowest BCUT2D eigenvalue weighted by atomic mass is 10.2. The average Bonchev–Trinajstić information content (AvgIpc) is 3.00. The molecule has 0 bridgehead atoms. The molecule has 0 fully saturated rings. The van der Waals surface area contributed by atoms with Crippen molar-refractivity contribution < 1.29 is 9.72 Å². The van der Waals surface area contributed by atoms with Gasteiger partial charge in [0.25, 0.3) is 17.2 Å². The first-order valence-corrected chi connectivity index (χ1v) is 8.21. The maximum Gasteiger partial charge on any atom is 0.282 e. The van der Waals surface area contributed by atoms with Gasteiger partial charge in [0.05, 0.1) is 16.2 Å². The van der Waals surface area contributed by atoms with E-state index in [1.807, 2.05) is 0 Å². The number of aromatic amines is 1. The van der Waals surface area contributed by atoms with E-state index in [0.29, 0.717) is 17.1 Å². The largest absolute Gasteiger partial charge is 0.293 e. The van der Waals surface area contributed by atoms with Crippen LogP contribution in [0.15, 0.2) is 58.6 Å². The number of hydrogen-bond acceptors (Lipinski definition) is 6. The monoisotopic (exact) mass is 380 g/mol. The number of nitro benzene ring substituents is 1. The second-order valence-electron chi connectivity index (χ2n) is 5.89. The van der Waals surface area contributed by atoms with Gasteiger partial charge < -0.3 is 0 Å². The molecular formula is C18H16N6O4. The number of rotatable bonds is 5. The molecule has 2 N–H and O–H groups in total. The number of hydrogen-bond donors (Lipinski definition) is 2. The summed E-state index contributed by atoms with van der Waals surface area (Å²) in [5, 5.41) is 17.7. The Bertz CT molecular complexity index is 1130. The van der Waals surface area contributed by atoms with Gasteiger partial charge in [-0.3, -0.25) is 24.8 Å². The zero-order chi connectivity index (χ0) is 20.3. The van der Waals surface area contributed by atoms with E-state index >= 15 is 0 Å². The second-order valence-corrected chi connectivity index (χ2v) is 5.89. The minimum Gasteiger partial charge on any atom is -0.293 e. The lowest BCUT2D eigenvalue weighted by Crippen LogP contribution is -2.23. The molecule has 28 heavy (non-hydrogen) atoms. The fourth-order valence-corrected chi connectivity index (χ4v) is 2.64. The molecule has 3 aromatic rings. The van der Waals surface area contributed by atoms with Gasteiger partial charge in [-0.05, 0) is 32.0 Å². The van der Waals surface area contributed by atoms with Gasteiger partial charge in [0.2, 0.25) is 0 Å². The van der Waals surface area contributed by atoms with E-state index in [2.05, 4.69) is 20.6 Å². The van der Waals surface area contributed by atoms with Crippen LogP contribution in [0.3, 0.4) is 0 Å². The molecule has 1 amide bonds. The minimum absolute atomic E-state index is 0.0856. The number of nitrogens with one attached hydrogen (secondary N) is 2. The van der Waals surface area contributed by atoms with E-state index in [9.17, 15) is 19.7 Å². The molecule has 0 radical (unpaired) electrons. The predicted octanol–water partition coefficient (Wildman–Crippen LogP) is 1.93. The number of non-ortho nitro benzene ring substituents is 1. The molecule has 0 aliphatic heterocycles. The van der Waals surface area contributed by atoms with Crippen LogP contribution in [0.4, 0.5) is 5.69 Å². The molecule has 2 aromatic heterocycles. The van der Waals surface area contributed by atoms with Crippen molar-refractivity contribution in [3.8, 4) is 5.82 Å². The molecule has 0 aliphatic rings. The second kappa shape index (κ2) is 7.66. The highest BCUT2D eigenvalue weighted by Crippen LogP contribution is 2.13. The Morgan fingerprint density at radius 2 is 2.07 bits per heavy atom. The van der Waals surface area contributed by atoms with Crippen LogP contribution in [0.1, 0.15) is 28.5 Å². The molecule has 0 unspecified atom stereocenters. The molecule has 3 rings (SSSR count). The number of amides is 1. The third kappa shape index (κ3) is 3.70. The molecule has 142 valence electrons. The SMILES string of the molecule is C/C(=N\NC(=O)c1cccc([N+](=O)[O-])c1)c1c(C)[nH]n(-c2ccccn2)c1=O. The number of benzene rings is 1. The first-order chi connectivity index (χ1) is 13.4.